The van der Waals surface area contributed by atoms with E-state index in [0.717, 1.165) is 5.92 Å². The highest BCUT2D eigenvalue weighted by molar-refractivity contribution is 4.94. The van der Waals surface area contributed by atoms with E-state index in [4.69, 9.17) is 0 Å². The van der Waals surface area contributed by atoms with Gasteiger partial charge in [-0.25, -0.2) is 0 Å². The van der Waals surface area contributed by atoms with E-state index in [0.29, 0.717) is 0 Å². The monoisotopic (exact) mass is 225 g/mol. The van der Waals surface area contributed by atoms with Crippen LogP contribution in [-0.2, 0) is 0 Å². The smallest absolute Gasteiger partial charge is 0.0213 e. The van der Waals surface area contributed by atoms with Crippen molar-refractivity contribution in [2.45, 2.75) is 91.9 Å². The quantitative estimate of drug-likeness (QED) is 0.369. The van der Waals surface area contributed by atoms with Crippen molar-refractivity contribution in [1.82, 2.24) is 0 Å². The first-order chi connectivity index (χ1) is 7.79. The first-order valence-electron chi connectivity index (χ1n) is 7.64. The Balaban J connectivity index is 3.81. The Morgan fingerprint density at radius 3 is 2.00 bits per heavy atom. The highest BCUT2D eigenvalue weighted by Crippen LogP contribution is 2.31. The van der Waals surface area contributed by atoms with Gasteiger partial charge >= 0.3 is 0 Å². The maximum atomic E-state index is 2.36. The lowest BCUT2D eigenvalue weighted by Gasteiger charge is -2.24. The molecule has 1 unspecified atom stereocenters. The van der Waals surface area contributed by atoms with Gasteiger partial charge in [0.2, 0.25) is 0 Å². The highest BCUT2D eigenvalue weighted by Gasteiger charge is 2.17. The van der Waals surface area contributed by atoms with Gasteiger partial charge in [-0.15, -0.1) is 0 Å². The molecular weight excluding hydrogens is 192 g/mol. The number of hydrogen-bond donors (Lipinski definition) is 0. The summed E-state index contributed by atoms with van der Waals surface area (Å²) in [6, 6.07) is 0. The average molecular weight is 225 g/mol. The Kier molecular flexibility index (Phi) is 11.5. The van der Waals surface area contributed by atoms with Gasteiger partial charge in [0.25, 0.3) is 0 Å². The van der Waals surface area contributed by atoms with Gasteiger partial charge < -0.3 is 0 Å². The van der Waals surface area contributed by atoms with E-state index < -0.39 is 0 Å². The Bertz CT molecular complexity index is 128. The van der Waals surface area contributed by atoms with E-state index in [1.165, 1.54) is 64.2 Å². The van der Waals surface area contributed by atoms with Crippen LogP contribution in [0.15, 0.2) is 0 Å². The molecule has 0 saturated heterocycles. The Hall–Kier alpha value is 0. The van der Waals surface area contributed by atoms with Gasteiger partial charge in [0.05, 0.1) is 0 Å². The lowest BCUT2D eigenvalue weighted by molar-refractivity contribution is 0.418. The summed E-state index contributed by atoms with van der Waals surface area (Å²) in [5.41, 5.74) is 0. The maximum absolute atomic E-state index is 2.36. The molecule has 0 saturated carbocycles. The minimum atomic E-state index is 0.923. The minimum Gasteiger partial charge on any atom is -0.0654 e. The molecule has 0 N–H and O–H groups in total. The van der Waals surface area contributed by atoms with Crippen molar-refractivity contribution < 1.29 is 0 Å². The Morgan fingerprint density at radius 1 is 0.812 bits per heavy atom. The van der Waals surface area contributed by atoms with Crippen molar-refractivity contribution in [3.8, 4) is 0 Å². The van der Waals surface area contributed by atoms with E-state index in [9.17, 15) is 0 Å². The Labute approximate surface area is 104 Å². The van der Waals surface area contributed by atoms with Gasteiger partial charge in [0.15, 0.2) is 0 Å². The minimum absolute atomic E-state index is 0.923. The SMILES string of the molecule is CCCCCC[C](CC)C(CC)CCCC. The molecule has 0 heteroatoms. The maximum Gasteiger partial charge on any atom is -0.0213 e. The van der Waals surface area contributed by atoms with Crippen molar-refractivity contribution in [3.05, 3.63) is 5.92 Å². The molecule has 0 aliphatic carbocycles. The van der Waals surface area contributed by atoms with Crippen molar-refractivity contribution in [1.29, 1.82) is 0 Å². The summed E-state index contributed by atoms with van der Waals surface area (Å²) in [4.78, 5) is 0. The molecule has 0 aromatic carbocycles. The molecule has 0 spiro atoms. The summed E-state index contributed by atoms with van der Waals surface area (Å²) in [6.45, 7) is 9.31. The summed E-state index contributed by atoms with van der Waals surface area (Å²) in [7, 11) is 0. The van der Waals surface area contributed by atoms with Crippen LogP contribution in [-0.4, -0.2) is 0 Å². The molecule has 0 nitrogen and oxygen atoms in total. The number of rotatable bonds is 11. The zero-order valence-electron chi connectivity index (χ0n) is 12.1. The van der Waals surface area contributed by atoms with Gasteiger partial charge in [-0.2, -0.15) is 0 Å². The summed E-state index contributed by atoms with van der Waals surface area (Å²) in [5, 5.41) is 0. The fraction of sp³-hybridized carbons (Fsp3) is 0.938. The lowest BCUT2D eigenvalue weighted by Crippen LogP contribution is -2.11. The molecule has 0 heterocycles. The summed E-state index contributed by atoms with van der Waals surface area (Å²) in [6.07, 6.45) is 13.9. The molecule has 0 aromatic rings. The van der Waals surface area contributed by atoms with Crippen LogP contribution in [0.1, 0.15) is 91.9 Å². The fourth-order valence-electron chi connectivity index (χ4n) is 2.60. The molecule has 0 amide bonds. The molecule has 0 fully saturated rings. The van der Waals surface area contributed by atoms with Crippen molar-refractivity contribution >= 4 is 0 Å². The van der Waals surface area contributed by atoms with Crippen molar-refractivity contribution in [2.24, 2.45) is 5.92 Å². The average Bonchev–Trinajstić information content (AvgIpc) is 2.32. The molecule has 0 aliphatic rings. The zero-order chi connectivity index (χ0) is 12.2. The van der Waals surface area contributed by atoms with Crippen LogP contribution >= 0.6 is 0 Å². The molecule has 0 aliphatic heterocycles. The molecule has 16 heavy (non-hydrogen) atoms. The van der Waals surface area contributed by atoms with E-state index in [1.807, 2.05) is 5.92 Å². The highest BCUT2D eigenvalue weighted by atomic mass is 14.2. The second-order valence-electron chi connectivity index (χ2n) is 5.07. The predicted octanol–water partition coefficient (Wildman–Crippen LogP) is 6.16. The van der Waals surface area contributed by atoms with Gasteiger partial charge in [-0.3, -0.25) is 0 Å². The van der Waals surface area contributed by atoms with E-state index >= 15 is 0 Å². The molecule has 97 valence electrons. The number of hydrogen-bond acceptors (Lipinski definition) is 0. The first kappa shape index (κ1) is 16.0. The van der Waals surface area contributed by atoms with Gasteiger partial charge in [0, 0.05) is 0 Å². The Morgan fingerprint density at radius 2 is 1.50 bits per heavy atom. The van der Waals surface area contributed by atoms with Crippen LogP contribution in [0.25, 0.3) is 0 Å². The van der Waals surface area contributed by atoms with Crippen LogP contribution in [0.5, 0.6) is 0 Å². The third-order valence-electron chi connectivity index (χ3n) is 3.78. The van der Waals surface area contributed by atoms with Gasteiger partial charge in [-0.1, -0.05) is 72.6 Å². The molecule has 0 aromatic heterocycles. The van der Waals surface area contributed by atoms with Crippen LogP contribution in [0.4, 0.5) is 0 Å². The van der Waals surface area contributed by atoms with Crippen LogP contribution in [0.2, 0.25) is 0 Å². The second kappa shape index (κ2) is 11.5. The zero-order valence-corrected chi connectivity index (χ0v) is 12.1. The van der Waals surface area contributed by atoms with Gasteiger partial charge in [-0.05, 0) is 31.1 Å². The van der Waals surface area contributed by atoms with E-state index in [2.05, 4.69) is 27.7 Å². The lowest BCUT2D eigenvalue weighted by atomic mass is 9.81. The third-order valence-corrected chi connectivity index (χ3v) is 3.78. The van der Waals surface area contributed by atoms with Crippen molar-refractivity contribution in [2.75, 3.05) is 0 Å². The van der Waals surface area contributed by atoms with Crippen LogP contribution < -0.4 is 0 Å². The molecule has 1 radical (unpaired) electrons. The molecule has 0 bridgehead atoms. The summed E-state index contributed by atoms with van der Waals surface area (Å²) in [5.74, 6) is 2.78. The molecule has 1 atom stereocenters. The van der Waals surface area contributed by atoms with E-state index in [-0.39, 0.29) is 0 Å². The van der Waals surface area contributed by atoms with Crippen LogP contribution in [0.3, 0.4) is 0 Å². The molecule has 0 rings (SSSR count). The van der Waals surface area contributed by atoms with Gasteiger partial charge in [0.1, 0.15) is 0 Å². The van der Waals surface area contributed by atoms with E-state index in [1.54, 1.807) is 0 Å². The number of unbranched alkanes of at least 4 members (excludes halogenated alkanes) is 4. The third kappa shape index (κ3) is 7.30. The topological polar surface area (TPSA) is 0 Å². The fourth-order valence-corrected chi connectivity index (χ4v) is 2.60. The standard InChI is InChI=1S/C16H33/c1-5-9-11-12-14-16(8-4)15(7-3)13-10-6-2/h15H,5-14H2,1-4H3. The summed E-state index contributed by atoms with van der Waals surface area (Å²) < 4.78 is 0. The van der Waals surface area contributed by atoms with Crippen molar-refractivity contribution in [3.63, 3.8) is 0 Å². The second-order valence-corrected chi connectivity index (χ2v) is 5.07. The summed E-state index contributed by atoms with van der Waals surface area (Å²) >= 11 is 0. The van der Waals surface area contributed by atoms with Crippen LogP contribution in [0, 0.1) is 11.8 Å². The molecular formula is C16H33. The largest absolute Gasteiger partial charge is 0.0654 e. The first-order valence-corrected chi connectivity index (χ1v) is 7.64. The predicted molar refractivity (Wildman–Crippen MR) is 75.6 cm³/mol. The normalized spacial score (nSPS) is 13.3.